The Hall–Kier alpha value is -2.09. The number of hydrogen-bond donors (Lipinski definition) is 0. The van der Waals surface area contributed by atoms with Gasteiger partial charge in [-0.05, 0) is 35.6 Å². The van der Waals surface area contributed by atoms with E-state index in [1.54, 1.807) is 0 Å². The van der Waals surface area contributed by atoms with Gasteiger partial charge in [0.2, 0.25) is 0 Å². The van der Waals surface area contributed by atoms with Crippen molar-refractivity contribution in [1.29, 1.82) is 0 Å². The van der Waals surface area contributed by atoms with E-state index in [2.05, 4.69) is 55.5 Å². The zero-order chi connectivity index (χ0) is 14.7. The number of nitrogens with zero attached hydrogens (tertiary/aromatic N) is 1. The van der Waals surface area contributed by atoms with Crippen molar-refractivity contribution in [2.24, 2.45) is 10.9 Å². The molecule has 110 valence electrons. The molecule has 0 fully saturated rings. The summed E-state index contributed by atoms with van der Waals surface area (Å²) in [5.41, 5.74) is 5.98. The van der Waals surface area contributed by atoms with Crippen LogP contribution in [-0.4, -0.2) is 18.5 Å². The van der Waals surface area contributed by atoms with E-state index in [1.807, 2.05) is 0 Å². The van der Waals surface area contributed by atoms with E-state index < -0.39 is 0 Å². The summed E-state index contributed by atoms with van der Waals surface area (Å²) in [5.74, 6) is 2.29. The third-order valence-corrected chi connectivity index (χ3v) is 5.45. The fourth-order valence-electron chi connectivity index (χ4n) is 4.58. The molecule has 2 nitrogen and oxygen atoms in total. The topological polar surface area (TPSA) is 21.6 Å². The molecule has 0 radical (unpaired) electrons. The van der Waals surface area contributed by atoms with Gasteiger partial charge < -0.3 is 4.74 Å². The fourth-order valence-corrected chi connectivity index (χ4v) is 4.58. The highest BCUT2D eigenvalue weighted by atomic mass is 16.5. The van der Waals surface area contributed by atoms with E-state index in [9.17, 15) is 0 Å². The minimum Gasteiger partial charge on any atom is -0.476 e. The van der Waals surface area contributed by atoms with Crippen molar-refractivity contribution < 1.29 is 4.74 Å². The predicted molar refractivity (Wildman–Crippen MR) is 87.5 cm³/mol. The van der Waals surface area contributed by atoms with Crippen molar-refractivity contribution in [3.05, 3.63) is 70.8 Å². The Kier molecular flexibility index (Phi) is 2.52. The molecule has 0 saturated carbocycles. The molecular weight excluding hydrogens is 270 g/mol. The number of benzene rings is 2. The lowest BCUT2D eigenvalue weighted by Gasteiger charge is -2.45. The first-order valence-electron chi connectivity index (χ1n) is 8.21. The summed E-state index contributed by atoms with van der Waals surface area (Å²) < 4.78 is 6.03. The fraction of sp³-hybridized carbons (Fsp3) is 0.350. The molecule has 0 saturated heterocycles. The van der Waals surface area contributed by atoms with Crippen molar-refractivity contribution in [3.8, 4) is 0 Å². The molecule has 2 aromatic rings. The molecule has 0 aromatic heterocycles. The Morgan fingerprint density at radius 2 is 1.50 bits per heavy atom. The van der Waals surface area contributed by atoms with E-state index in [-0.39, 0.29) is 6.10 Å². The maximum atomic E-state index is 6.03. The first-order valence-corrected chi connectivity index (χ1v) is 8.21. The van der Waals surface area contributed by atoms with Crippen LogP contribution in [0, 0.1) is 5.92 Å². The van der Waals surface area contributed by atoms with E-state index in [0.29, 0.717) is 17.8 Å². The monoisotopic (exact) mass is 289 g/mol. The number of rotatable bonds is 1. The summed E-state index contributed by atoms with van der Waals surface area (Å²) in [6, 6.07) is 17.9. The highest BCUT2D eigenvalue weighted by Crippen LogP contribution is 2.55. The van der Waals surface area contributed by atoms with Gasteiger partial charge in [-0.25, -0.2) is 0 Å². The summed E-state index contributed by atoms with van der Waals surface area (Å²) in [5, 5.41) is 0. The third kappa shape index (κ3) is 1.58. The zero-order valence-electron chi connectivity index (χ0n) is 12.7. The average Bonchev–Trinajstić information content (AvgIpc) is 3.01. The molecule has 3 aliphatic carbocycles. The first-order chi connectivity index (χ1) is 10.8. The average molecular weight is 289 g/mol. The van der Waals surface area contributed by atoms with Gasteiger partial charge in [0.1, 0.15) is 6.10 Å². The van der Waals surface area contributed by atoms with Crippen LogP contribution in [0.15, 0.2) is 53.5 Å². The van der Waals surface area contributed by atoms with Crippen molar-refractivity contribution in [1.82, 2.24) is 0 Å². The van der Waals surface area contributed by atoms with E-state index in [1.165, 1.54) is 22.3 Å². The van der Waals surface area contributed by atoms with Gasteiger partial charge in [-0.2, -0.15) is 0 Å². The molecule has 2 aromatic carbocycles. The van der Waals surface area contributed by atoms with Gasteiger partial charge in [0, 0.05) is 17.8 Å². The molecule has 0 spiro atoms. The molecule has 0 amide bonds. The summed E-state index contributed by atoms with van der Waals surface area (Å²) in [6.07, 6.45) is 1.37. The van der Waals surface area contributed by atoms with Gasteiger partial charge in [0.05, 0.1) is 6.54 Å². The van der Waals surface area contributed by atoms with Gasteiger partial charge in [-0.1, -0.05) is 48.5 Å². The molecule has 1 aliphatic heterocycles. The second-order valence-electron chi connectivity index (χ2n) is 6.74. The number of aliphatic imine (C=N–C) groups is 1. The second-order valence-corrected chi connectivity index (χ2v) is 6.74. The molecule has 2 unspecified atom stereocenters. The minimum atomic E-state index is 0.237. The smallest absolute Gasteiger partial charge is 0.187 e. The highest BCUT2D eigenvalue weighted by Gasteiger charge is 2.46. The molecule has 22 heavy (non-hydrogen) atoms. The molecule has 0 N–H and O–H groups in total. The molecule has 6 rings (SSSR count). The lowest BCUT2D eigenvalue weighted by molar-refractivity contribution is 0.219. The summed E-state index contributed by atoms with van der Waals surface area (Å²) >= 11 is 0. The normalized spacial score (nSPS) is 31.2. The third-order valence-electron chi connectivity index (χ3n) is 5.45. The summed E-state index contributed by atoms with van der Waals surface area (Å²) in [6.45, 7) is 2.92. The van der Waals surface area contributed by atoms with Crippen molar-refractivity contribution in [2.45, 2.75) is 31.3 Å². The Morgan fingerprint density at radius 3 is 2.05 bits per heavy atom. The largest absolute Gasteiger partial charge is 0.476 e. The molecule has 2 heteroatoms. The number of hydrogen-bond acceptors (Lipinski definition) is 2. The van der Waals surface area contributed by atoms with Gasteiger partial charge >= 0.3 is 0 Å². The Bertz CT molecular complexity index is 731. The lowest BCUT2D eigenvalue weighted by atomic mass is 9.59. The van der Waals surface area contributed by atoms with Crippen LogP contribution < -0.4 is 0 Å². The quantitative estimate of drug-likeness (QED) is 0.774. The van der Waals surface area contributed by atoms with Crippen molar-refractivity contribution in [2.75, 3.05) is 6.54 Å². The summed E-state index contributed by atoms with van der Waals surface area (Å²) in [4.78, 5) is 4.70. The van der Waals surface area contributed by atoms with Crippen LogP contribution in [0.2, 0.25) is 0 Å². The molecule has 2 bridgehead atoms. The van der Waals surface area contributed by atoms with Gasteiger partial charge in [0.25, 0.3) is 0 Å². The van der Waals surface area contributed by atoms with E-state index in [4.69, 9.17) is 9.73 Å². The first kappa shape index (κ1) is 12.5. The van der Waals surface area contributed by atoms with Gasteiger partial charge in [-0.3, -0.25) is 4.99 Å². The van der Waals surface area contributed by atoms with Gasteiger partial charge in [-0.15, -0.1) is 0 Å². The summed E-state index contributed by atoms with van der Waals surface area (Å²) in [7, 11) is 0. The Labute approximate surface area is 130 Å². The van der Waals surface area contributed by atoms with Crippen LogP contribution in [0.5, 0.6) is 0 Å². The van der Waals surface area contributed by atoms with Crippen molar-refractivity contribution >= 4 is 5.90 Å². The minimum absolute atomic E-state index is 0.237. The Balaban J connectivity index is 1.69. The standard InChI is InChI=1S/C20H19NO/c1-12-11-21-20(22-12)18-10-17-13-6-2-4-8-15(13)19(18)16-9-5-3-7-14(16)17/h2-9,12,17-19H,10-11H2,1H3. The van der Waals surface area contributed by atoms with Crippen LogP contribution in [0.4, 0.5) is 0 Å². The lowest BCUT2D eigenvalue weighted by Crippen LogP contribution is -2.36. The molecular formula is C20H19NO. The second kappa shape index (κ2) is 4.45. The predicted octanol–water partition coefficient (Wildman–Crippen LogP) is 4.10. The molecule has 1 heterocycles. The Morgan fingerprint density at radius 1 is 0.909 bits per heavy atom. The molecule has 2 atom stereocenters. The van der Waals surface area contributed by atoms with Crippen LogP contribution >= 0.6 is 0 Å². The maximum absolute atomic E-state index is 6.03. The van der Waals surface area contributed by atoms with Crippen LogP contribution in [0.25, 0.3) is 0 Å². The van der Waals surface area contributed by atoms with E-state index in [0.717, 1.165) is 18.9 Å². The van der Waals surface area contributed by atoms with Crippen molar-refractivity contribution in [3.63, 3.8) is 0 Å². The number of fused-ring (bicyclic) bond motifs is 1. The van der Waals surface area contributed by atoms with Gasteiger partial charge in [0.15, 0.2) is 5.90 Å². The maximum Gasteiger partial charge on any atom is 0.187 e. The van der Waals surface area contributed by atoms with Crippen LogP contribution in [0.3, 0.4) is 0 Å². The van der Waals surface area contributed by atoms with Crippen LogP contribution in [0.1, 0.15) is 47.4 Å². The zero-order valence-corrected chi connectivity index (χ0v) is 12.7. The van der Waals surface area contributed by atoms with Crippen LogP contribution in [-0.2, 0) is 4.74 Å². The number of ether oxygens (including phenoxy) is 1. The molecule has 4 aliphatic rings. The SMILES string of the molecule is CC1CN=C(C2CC3c4ccccc4C2c2ccccc23)O1. The highest BCUT2D eigenvalue weighted by molar-refractivity contribution is 5.84. The van der Waals surface area contributed by atoms with E-state index >= 15 is 0 Å².